The molecule has 3 aromatic rings. The van der Waals surface area contributed by atoms with Gasteiger partial charge < -0.3 is 10.2 Å². The molecular formula is C25H29NO2. The molecule has 0 bridgehead atoms. The third-order valence-electron chi connectivity index (χ3n) is 5.23. The zero-order chi connectivity index (χ0) is 20.1. The number of benzene rings is 3. The third kappa shape index (κ3) is 4.50. The molecule has 0 amide bonds. The summed E-state index contributed by atoms with van der Waals surface area (Å²) in [5, 5.41) is 24.1. The van der Waals surface area contributed by atoms with E-state index in [-0.39, 0.29) is 12.6 Å². The lowest BCUT2D eigenvalue weighted by Gasteiger charge is -2.32. The highest BCUT2D eigenvalue weighted by Gasteiger charge is 2.28. The van der Waals surface area contributed by atoms with E-state index in [2.05, 4.69) is 62.5 Å². The zero-order valence-corrected chi connectivity index (χ0v) is 16.8. The van der Waals surface area contributed by atoms with Crippen LogP contribution in [0.1, 0.15) is 45.5 Å². The molecule has 3 N–H and O–H groups in total. The number of hydrogen-bond acceptors (Lipinski definition) is 3. The molecule has 0 aliphatic heterocycles. The van der Waals surface area contributed by atoms with Gasteiger partial charge in [-0.25, -0.2) is 0 Å². The smallest absolute Gasteiger partial charge is 0.0965 e. The SMILES string of the molecule is Cc1cc(C)c([C@@H](NC(c2ccccc2)c2ccccc2)[C@@H](O)CO)c(C)c1. The van der Waals surface area contributed by atoms with Crippen LogP contribution in [-0.4, -0.2) is 22.9 Å². The van der Waals surface area contributed by atoms with Gasteiger partial charge in [-0.05, 0) is 48.6 Å². The maximum atomic E-state index is 10.7. The first-order valence-electron chi connectivity index (χ1n) is 9.74. The van der Waals surface area contributed by atoms with E-state index in [0.29, 0.717) is 0 Å². The zero-order valence-electron chi connectivity index (χ0n) is 16.8. The first kappa shape index (κ1) is 20.3. The Balaban J connectivity index is 2.07. The van der Waals surface area contributed by atoms with Gasteiger partial charge in [-0.2, -0.15) is 0 Å². The predicted molar refractivity (Wildman–Crippen MR) is 114 cm³/mol. The van der Waals surface area contributed by atoms with Gasteiger partial charge in [0, 0.05) is 0 Å². The number of aliphatic hydroxyl groups excluding tert-OH is 2. The minimum Gasteiger partial charge on any atom is -0.394 e. The van der Waals surface area contributed by atoms with Gasteiger partial charge in [0.15, 0.2) is 0 Å². The van der Waals surface area contributed by atoms with Gasteiger partial charge in [0.05, 0.1) is 24.8 Å². The van der Waals surface area contributed by atoms with Gasteiger partial charge in [-0.1, -0.05) is 78.4 Å². The van der Waals surface area contributed by atoms with Crippen molar-refractivity contribution in [2.75, 3.05) is 6.61 Å². The van der Waals surface area contributed by atoms with E-state index in [9.17, 15) is 10.2 Å². The third-order valence-corrected chi connectivity index (χ3v) is 5.23. The van der Waals surface area contributed by atoms with Gasteiger partial charge in [0.2, 0.25) is 0 Å². The Morgan fingerprint density at radius 1 is 0.786 bits per heavy atom. The summed E-state index contributed by atoms with van der Waals surface area (Å²) in [7, 11) is 0. The highest BCUT2D eigenvalue weighted by Crippen LogP contribution is 2.31. The minimum atomic E-state index is -0.907. The van der Waals surface area contributed by atoms with Crippen molar-refractivity contribution in [2.45, 2.75) is 39.0 Å². The molecule has 3 rings (SSSR count). The first-order valence-corrected chi connectivity index (χ1v) is 9.74. The van der Waals surface area contributed by atoms with E-state index < -0.39 is 12.1 Å². The molecule has 146 valence electrons. The average molecular weight is 376 g/mol. The average Bonchev–Trinajstić information content (AvgIpc) is 2.70. The van der Waals surface area contributed by atoms with E-state index in [1.807, 2.05) is 36.4 Å². The van der Waals surface area contributed by atoms with Crippen molar-refractivity contribution in [3.8, 4) is 0 Å². The van der Waals surface area contributed by atoms with Crippen LogP contribution in [0.2, 0.25) is 0 Å². The van der Waals surface area contributed by atoms with Gasteiger partial charge in [0.1, 0.15) is 0 Å². The molecule has 0 aliphatic carbocycles. The van der Waals surface area contributed by atoms with E-state index >= 15 is 0 Å². The summed E-state index contributed by atoms with van der Waals surface area (Å²) in [6.45, 7) is 5.90. The minimum absolute atomic E-state index is 0.103. The predicted octanol–water partition coefficient (Wildman–Crippen LogP) is 4.39. The summed E-state index contributed by atoms with van der Waals surface area (Å²) in [5.41, 5.74) is 6.70. The number of aliphatic hydroxyl groups is 2. The summed E-state index contributed by atoms with van der Waals surface area (Å²) < 4.78 is 0. The molecule has 0 heterocycles. The highest BCUT2D eigenvalue weighted by molar-refractivity contribution is 5.41. The molecule has 28 heavy (non-hydrogen) atoms. The fourth-order valence-electron chi connectivity index (χ4n) is 4.03. The quantitative estimate of drug-likeness (QED) is 0.574. The number of rotatable bonds is 7. The monoisotopic (exact) mass is 375 g/mol. The Kier molecular flexibility index (Phi) is 6.63. The molecule has 0 radical (unpaired) electrons. The first-order chi connectivity index (χ1) is 13.5. The van der Waals surface area contributed by atoms with Crippen LogP contribution in [0, 0.1) is 20.8 Å². The number of hydrogen-bond donors (Lipinski definition) is 3. The molecule has 0 fully saturated rings. The van der Waals surface area contributed by atoms with Crippen molar-refractivity contribution in [1.82, 2.24) is 5.32 Å². The topological polar surface area (TPSA) is 52.5 Å². The van der Waals surface area contributed by atoms with Crippen molar-refractivity contribution < 1.29 is 10.2 Å². The molecule has 2 atom stereocenters. The lowest BCUT2D eigenvalue weighted by atomic mass is 9.89. The van der Waals surface area contributed by atoms with Crippen molar-refractivity contribution in [3.63, 3.8) is 0 Å². The summed E-state index contributed by atoms with van der Waals surface area (Å²) in [4.78, 5) is 0. The van der Waals surface area contributed by atoms with Crippen LogP contribution in [0.5, 0.6) is 0 Å². The Morgan fingerprint density at radius 2 is 1.25 bits per heavy atom. The molecule has 0 saturated heterocycles. The second-order valence-corrected chi connectivity index (χ2v) is 7.46. The van der Waals surface area contributed by atoms with E-state index in [1.165, 1.54) is 5.56 Å². The van der Waals surface area contributed by atoms with Crippen LogP contribution < -0.4 is 5.32 Å². The molecule has 3 nitrogen and oxygen atoms in total. The highest BCUT2D eigenvalue weighted by atomic mass is 16.3. The van der Waals surface area contributed by atoms with Crippen LogP contribution in [0.3, 0.4) is 0 Å². The second kappa shape index (κ2) is 9.16. The molecule has 0 aliphatic rings. The molecule has 0 aromatic heterocycles. The van der Waals surface area contributed by atoms with E-state index in [4.69, 9.17) is 0 Å². The van der Waals surface area contributed by atoms with Crippen molar-refractivity contribution >= 4 is 0 Å². The lowest BCUT2D eigenvalue weighted by Crippen LogP contribution is -2.38. The largest absolute Gasteiger partial charge is 0.394 e. The van der Waals surface area contributed by atoms with Gasteiger partial charge in [0.25, 0.3) is 0 Å². The number of aryl methyl sites for hydroxylation is 3. The van der Waals surface area contributed by atoms with Crippen LogP contribution >= 0.6 is 0 Å². The van der Waals surface area contributed by atoms with E-state index in [1.54, 1.807) is 0 Å². The normalized spacial score (nSPS) is 13.5. The Bertz CT molecular complexity index is 830. The molecule has 3 aromatic carbocycles. The molecule has 0 spiro atoms. The van der Waals surface area contributed by atoms with Gasteiger partial charge in [-0.15, -0.1) is 0 Å². The summed E-state index contributed by atoms with van der Waals surface area (Å²) in [5.74, 6) is 0. The fourth-order valence-corrected chi connectivity index (χ4v) is 4.03. The van der Waals surface area contributed by atoms with Crippen molar-refractivity contribution in [3.05, 3.63) is 106 Å². The lowest BCUT2D eigenvalue weighted by molar-refractivity contribution is 0.0594. The molecule has 0 saturated carbocycles. The summed E-state index contributed by atoms with van der Waals surface area (Å²) in [6, 6.07) is 24.2. The van der Waals surface area contributed by atoms with Crippen LogP contribution in [0.25, 0.3) is 0 Å². The standard InChI is InChI=1S/C25H29NO2/c1-17-14-18(2)23(19(3)15-17)25(22(28)16-27)26-24(20-10-6-4-7-11-20)21-12-8-5-9-13-21/h4-15,22,24-28H,16H2,1-3H3/t22-,25-/m0/s1. The second-order valence-electron chi connectivity index (χ2n) is 7.46. The maximum absolute atomic E-state index is 10.7. The van der Waals surface area contributed by atoms with Gasteiger partial charge >= 0.3 is 0 Å². The van der Waals surface area contributed by atoms with Crippen LogP contribution in [0.4, 0.5) is 0 Å². The molecular weight excluding hydrogens is 346 g/mol. The molecule has 3 heteroatoms. The van der Waals surface area contributed by atoms with Crippen LogP contribution in [-0.2, 0) is 0 Å². The van der Waals surface area contributed by atoms with Crippen molar-refractivity contribution in [1.29, 1.82) is 0 Å². The van der Waals surface area contributed by atoms with E-state index in [0.717, 1.165) is 27.8 Å². The van der Waals surface area contributed by atoms with Crippen LogP contribution in [0.15, 0.2) is 72.8 Å². The summed E-state index contributed by atoms with van der Waals surface area (Å²) in [6.07, 6.45) is -0.907. The Labute approximate surface area is 167 Å². The summed E-state index contributed by atoms with van der Waals surface area (Å²) >= 11 is 0. The maximum Gasteiger partial charge on any atom is 0.0965 e. The molecule has 0 unspecified atom stereocenters. The van der Waals surface area contributed by atoms with Crippen molar-refractivity contribution in [2.24, 2.45) is 0 Å². The Morgan fingerprint density at radius 3 is 1.68 bits per heavy atom. The van der Waals surface area contributed by atoms with Gasteiger partial charge in [-0.3, -0.25) is 5.32 Å². The number of nitrogens with one attached hydrogen (secondary N) is 1. The fraction of sp³-hybridized carbons (Fsp3) is 0.280. The Hall–Kier alpha value is -2.46.